The van der Waals surface area contributed by atoms with E-state index in [1.54, 1.807) is 18.3 Å². The Bertz CT molecular complexity index is 1330. The van der Waals surface area contributed by atoms with E-state index in [4.69, 9.17) is 9.47 Å². The van der Waals surface area contributed by atoms with E-state index in [9.17, 15) is 23.3 Å². The number of methoxy groups -OCH3 is 2. The SMILES string of the molecule is COc1cc(C(=O)N2CCN(S(=O)(=O)c3c[nH]c4ncccc34)CC2)c([N+](=O)[O-])cc1OC. The molecule has 1 N–H and O–H groups in total. The average Bonchev–Trinajstić information content (AvgIpc) is 3.27. The number of carbonyl (C=O) groups is 1. The Kier molecular flexibility index (Phi) is 5.91. The van der Waals surface area contributed by atoms with Gasteiger partial charge < -0.3 is 19.4 Å². The zero-order chi connectivity index (χ0) is 23.8. The number of hydrogen-bond acceptors (Lipinski definition) is 8. The van der Waals surface area contributed by atoms with Crippen LogP contribution in [0, 0.1) is 10.1 Å². The Balaban J connectivity index is 1.56. The lowest BCUT2D eigenvalue weighted by molar-refractivity contribution is -0.385. The van der Waals surface area contributed by atoms with Crippen LogP contribution in [0.3, 0.4) is 0 Å². The lowest BCUT2D eigenvalue weighted by Gasteiger charge is -2.33. The first-order valence-corrected chi connectivity index (χ1v) is 11.3. The number of hydrogen-bond donors (Lipinski definition) is 1. The summed E-state index contributed by atoms with van der Waals surface area (Å²) >= 11 is 0. The first-order valence-electron chi connectivity index (χ1n) is 9.90. The van der Waals surface area contributed by atoms with Gasteiger partial charge in [-0.25, -0.2) is 13.4 Å². The van der Waals surface area contributed by atoms with Gasteiger partial charge in [0.15, 0.2) is 11.5 Å². The predicted octanol–water partition coefficient (Wildman–Crippen LogP) is 1.63. The third-order valence-corrected chi connectivity index (χ3v) is 7.42. The number of amides is 1. The number of nitro benzene ring substituents is 1. The molecule has 2 aromatic heterocycles. The van der Waals surface area contributed by atoms with Crippen molar-refractivity contribution in [1.29, 1.82) is 0 Å². The fourth-order valence-corrected chi connectivity index (χ4v) is 5.35. The smallest absolute Gasteiger partial charge is 0.286 e. The number of benzene rings is 1. The number of nitrogens with one attached hydrogen (secondary N) is 1. The lowest BCUT2D eigenvalue weighted by atomic mass is 10.1. The Morgan fingerprint density at radius 3 is 2.45 bits per heavy atom. The molecule has 0 saturated carbocycles. The molecule has 1 amide bonds. The van der Waals surface area contributed by atoms with Gasteiger partial charge in [0, 0.05) is 50.0 Å². The van der Waals surface area contributed by atoms with E-state index in [0.717, 1.165) is 6.07 Å². The molecule has 1 aromatic carbocycles. The van der Waals surface area contributed by atoms with Crippen molar-refractivity contribution in [3.63, 3.8) is 0 Å². The molecular formula is C20H21N5O7S. The normalized spacial score (nSPS) is 14.9. The topological polar surface area (TPSA) is 148 Å². The zero-order valence-electron chi connectivity index (χ0n) is 17.8. The lowest BCUT2D eigenvalue weighted by Crippen LogP contribution is -2.50. The standard InChI is InChI=1S/C20H21N5O7S/c1-31-16-10-14(15(25(27)28)11-17(16)32-2)20(26)23-6-8-24(9-7-23)33(29,30)18-12-22-19-13(18)4-3-5-21-19/h3-5,10-12H,6-9H2,1-2H3,(H,21,22). The second-order valence-corrected chi connectivity index (χ2v) is 9.14. The van der Waals surface area contributed by atoms with E-state index in [0.29, 0.717) is 11.0 Å². The fourth-order valence-electron chi connectivity index (χ4n) is 3.78. The second kappa shape index (κ2) is 8.67. The van der Waals surface area contributed by atoms with Crippen molar-refractivity contribution in [1.82, 2.24) is 19.2 Å². The van der Waals surface area contributed by atoms with Gasteiger partial charge in [0.05, 0.1) is 25.2 Å². The summed E-state index contributed by atoms with van der Waals surface area (Å²) in [5.41, 5.74) is -0.110. The van der Waals surface area contributed by atoms with Gasteiger partial charge in [-0.1, -0.05) is 0 Å². The maximum absolute atomic E-state index is 13.2. The van der Waals surface area contributed by atoms with Crippen LogP contribution in [-0.4, -0.2) is 78.8 Å². The Morgan fingerprint density at radius 2 is 1.82 bits per heavy atom. The van der Waals surface area contributed by atoms with Gasteiger partial charge in [-0.3, -0.25) is 14.9 Å². The zero-order valence-corrected chi connectivity index (χ0v) is 18.7. The molecule has 3 aromatic rings. The molecule has 3 heterocycles. The number of H-pyrrole nitrogens is 1. The molecule has 0 aliphatic carbocycles. The minimum absolute atomic E-state index is 0.0437. The largest absolute Gasteiger partial charge is 0.493 e. The van der Waals surface area contributed by atoms with Crippen LogP contribution in [0.5, 0.6) is 11.5 Å². The van der Waals surface area contributed by atoms with Crippen LogP contribution >= 0.6 is 0 Å². The van der Waals surface area contributed by atoms with Crippen molar-refractivity contribution < 1.29 is 27.6 Å². The summed E-state index contributed by atoms with van der Waals surface area (Å²) in [6.07, 6.45) is 2.96. The van der Waals surface area contributed by atoms with E-state index in [2.05, 4.69) is 9.97 Å². The number of fused-ring (bicyclic) bond motifs is 1. The number of rotatable bonds is 6. The van der Waals surface area contributed by atoms with Crippen molar-refractivity contribution in [2.45, 2.75) is 4.90 Å². The highest BCUT2D eigenvalue weighted by atomic mass is 32.2. The van der Waals surface area contributed by atoms with Crippen LogP contribution in [-0.2, 0) is 10.0 Å². The summed E-state index contributed by atoms with van der Waals surface area (Å²) < 4.78 is 37.9. The summed E-state index contributed by atoms with van der Waals surface area (Å²) in [6, 6.07) is 5.72. The molecule has 13 heteroatoms. The predicted molar refractivity (Wildman–Crippen MR) is 117 cm³/mol. The number of aromatic nitrogens is 2. The maximum atomic E-state index is 13.2. The van der Waals surface area contributed by atoms with Gasteiger partial charge in [0.1, 0.15) is 16.1 Å². The molecule has 1 saturated heterocycles. The number of piperazine rings is 1. The molecule has 0 atom stereocenters. The number of pyridine rings is 1. The molecule has 1 aliphatic heterocycles. The van der Waals surface area contributed by atoms with Crippen molar-refractivity contribution in [2.24, 2.45) is 0 Å². The molecular weight excluding hydrogens is 454 g/mol. The van der Waals surface area contributed by atoms with E-state index < -0.39 is 26.5 Å². The monoisotopic (exact) mass is 475 g/mol. The van der Waals surface area contributed by atoms with Gasteiger partial charge in [-0.2, -0.15) is 4.31 Å². The third kappa shape index (κ3) is 3.96. The Morgan fingerprint density at radius 1 is 1.15 bits per heavy atom. The van der Waals surface area contributed by atoms with E-state index in [-0.39, 0.29) is 48.1 Å². The number of aromatic amines is 1. The van der Waals surface area contributed by atoms with Crippen LogP contribution in [0.1, 0.15) is 10.4 Å². The van der Waals surface area contributed by atoms with Crippen molar-refractivity contribution >= 4 is 32.7 Å². The van der Waals surface area contributed by atoms with E-state index in [1.165, 1.54) is 35.7 Å². The van der Waals surface area contributed by atoms with E-state index in [1.807, 2.05) is 0 Å². The van der Waals surface area contributed by atoms with Crippen molar-refractivity contribution in [3.8, 4) is 11.5 Å². The third-order valence-electron chi connectivity index (χ3n) is 5.49. The Labute approximate surface area is 188 Å². The molecule has 4 rings (SSSR count). The number of nitro groups is 1. The summed E-state index contributed by atoms with van der Waals surface area (Å²) in [6.45, 7) is 0.235. The summed E-state index contributed by atoms with van der Waals surface area (Å²) in [5.74, 6) is -0.276. The highest BCUT2D eigenvalue weighted by Gasteiger charge is 2.34. The second-order valence-electron chi connectivity index (χ2n) is 7.23. The maximum Gasteiger partial charge on any atom is 0.286 e. The summed E-state index contributed by atoms with van der Waals surface area (Å²) in [5, 5.41) is 12.0. The molecule has 174 valence electrons. The number of ether oxygens (including phenoxy) is 2. The van der Waals surface area contributed by atoms with Gasteiger partial charge in [-0.15, -0.1) is 0 Å². The first-order chi connectivity index (χ1) is 15.8. The average molecular weight is 475 g/mol. The van der Waals surface area contributed by atoms with Crippen LogP contribution in [0.15, 0.2) is 41.6 Å². The molecule has 0 bridgehead atoms. The molecule has 0 radical (unpaired) electrons. The van der Waals surface area contributed by atoms with Gasteiger partial charge >= 0.3 is 0 Å². The highest BCUT2D eigenvalue weighted by molar-refractivity contribution is 7.89. The van der Waals surface area contributed by atoms with Crippen LogP contribution < -0.4 is 9.47 Å². The molecule has 0 spiro atoms. The fraction of sp³-hybridized carbons (Fsp3) is 0.300. The number of carbonyl (C=O) groups excluding carboxylic acids is 1. The van der Waals surface area contributed by atoms with Gasteiger partial charge in [-0.05, 0) is 12.1 Å². The molecule has 1 fully saturated rings. The minimum atomic E-state index is -3.82. The molecule has 0 unspecified atom stereocenters. The van der Waals surface area contributed by atoms with Crippen molar-refractivity contribution in [2.75, 3.05) is 40.4 Å². The molecule has 12 nitrogen and oxygen atoms in total. The number of sulfonamides is 1. The van der Waals surface area contributed by atoms with E-state index >= 15 is 0 Å². The molecule has 1 aliphatic rings. The van der Waals surface area contributed by atoms with Gasteiger partial charge in [0.2, 0.25) is 10.0 Å². The molecule has 33 heavy (non-hydrogen) atoms. The quantitative estimate of drug-likeness (QED) is 0.418. The van der Waals surface area contributed by atoms with Gasteiger partial charge in [0.25, 0.3) is 11.6 Å². The summed E-state index contributed by atoms with van der Waals surface area (Å²) in [7, 11) is -1.12. The summed E-state index contributed by atoms with van der Waals surface area (Å²) in [4.78, 5) is 32.4. The van der Waals surface area contributed by atoms with Crippen LogP contribution in [0.25, 0.3) is 11.0 Å². The van der Waals surface area contributed by atoms with Crippen LogP contribution in [0.4, 0.5) is 5.69 Å². The first kappa shape index (κ1) is 22.5. The van der Waals surface area contributed by atoms with Crippen LogP contribution in [0.2, 0.25) is 0 Å². The minimum Gasteiger partial charge on any atom is -0.493 e. The number of nitrogens with zero attached hydrogens (tertiary/aromatic N) is 4. The van der Waals surface area contributed by atoms with Crippen molar-refractivity contribution in [3.05, 3.63) is 52.3 Å². The highest BCUT2D eigenvalue weighted by Crippen LogP contribution is 2.35. The Hall–Kier alpha value is -3.71.